The molecule has 0 spiro atoms. The van der Waals surface area contributed by atoms with Crippen molar-refractivity contribution in [2.75, 3.05) is 0 Å². The Bertz CT molecular complexity index is 1550. The molecule has 0 amide bonds. The van der Waals surface area contributed by atoms with E-state index in [9.17, 15) is 0 Å². The summed E-state index contributed by atoms with van der Waals surface area (Å²) in [6.45, 7) is 9.08. The van der Waals surface area contributed by atoms with Crippen molar-refractivity contribution < 1.29 is 0 Å². The zero-order chi connectivity index (χ0) is 30.1. The van der Waals surface area contributed by atoms with Gasteiger partial charge in [-0.3, -0.25) is 15.0 Å². The second-order valence-electron chi connectivity index (χ2n) is 10.4. The van der Waals surface area contributed by atoms with Gasteiger partial charge >= 0.3 is 0 Å². The Morgan fingerprint density at radius 2 is 0.833 bits per heavy atom. The molecule has 0 bridgehead atoms. The third kappa shape index (κ3) is 10.9. The standard InChI is InChI=1S/2C15H15NSi.C7H5N/c2*1-17(2,15-8-4-3-5-9-15)12-10-14-7-6-11-16-13-14;1-2-7-4-3-5-8-6-7/h2*3-9,11,13H,1-2H3;1,3-6H. The first kappa shape index (κ1) is 31.5. The lowest BCUT2D eigenvalue weighted by atomic mass is 10.3. The van der Waals surface area contributed by atoms with Crippen LogP contribution < -0.4 is 10.4 Å². The van der Waals surface area contributed by atoms with Crippen molar-refractivity contribution in [2.24, 2.45) is 0 Å². The van der Waals surface area contributed by atoms with E-state index in [1.807, 2.05) is 60.9 Å². The van der Waals surface area contributed by atoms with Gasteiger partial charge in [0.15, 0.2) is 16.1 Å². The Balaban J connectivity index is 0.000000184. The molecule has 42 heavy (non-hydrogen) atoms. The van der Waals surface area contributed by atoms with Crippen molar-refractivity contribution in [3.05, 3.63) is 151 Å². The lowest BCUT2D eigenvalue weighted by molar-refractivity contribution is 1.31. The molecule has 3 aromatic heterocycles. The van der Waals surface area contributed by atoms with Crippen LogP contribution in [0.2, 0.25) is 26.2 Å². The molecule has 3 nitrogen and oxygen atoms in total. The van der Waals surface area contributed by atoms with Crippen LogP contribution in [0.1, 0.15) is 16.7 Å². The fraction of sp³-hybridized carbons (Fsp3) is 0.108. The van der Waals surface area contributed by atoms with Crippen LogP contribution in [-0.4, -0.2) is 31.1 Å². The van der Waals surface area contributed by atoms with Gasteiger partial charge in [0.05, 0.1) is 0 Å². The Morgan fingerprint density at radius 3 is 1.12 bits per heavy atom. The Kier molecular flexibility index (Phi) is 12.2. The van der Waals surface area contributed by atoms with Crippen LogP contribution in [0.4, 0.5) is 0 Å². The van der Waals surface area contributed by atoms with Crippen LogP contribution in [0.3, 0.4) is 0 Å². The Labute approximate surface area is 253 Å². The average Bonchev–Trinajstić information content (AvgIpc) is 3.06. The maximum Gasteiger partial charge on any atom is 0.163 e. The van der Waals surface area contributed by atoms with Gasteiger partial charge in [0.2, 0.25) is 0 Å². The fourth-order valence-electron chi connectivity index (χ4n) is 3.63. The predicted molar refractivity (Wildman–Crippen MR) is 182 cm³/mol. The third-order valence-electron chi connectivity index (χ3n) is 6.18. The highest BCUT2D eigenvalue weighted by Crippen LogP contribution is 2.04. The summed E-state index contributed by atoms with van der Waals surface area (Å²) < 4.78 is 0. The molecule has 0 aliphatic heterocycles. The van der Waals surface area contributed by atoms with Gasteiger partial charge in [0.25, 0.3) is 0 Å². The van der Waals surface area contributed by atoms with E-state index in [1.54, 1.807) is 24.8 Å². The zero-order valence-electron chi connectivity index (χ0n) is 24.6. The normalized spacial score (nSPS) is 9.98. The Morgan fingerprint density at radius 1 is 0.476 bits per heavy atom. The van der Waals surface area contributed by atoms with Gasteiger partial charge in [-0.25, -0.2) is 0 Å². The molecule has 0 N–H and O–H groups in total. The number of hydrogen-bond donors (Lipinski definition) is 0. The van der Waals surface area contributed by atoms with Crippen LogP contribution in [0.15, 0.2) is 134 Å². The molecule has 0 unspecified atom stereocenters. The molecule has 3 heterocycles. The molecule has 0 aliphatic carbocycles. The number of nitrogens with zero attached hydrogens (tertiary/aromatic N) is 3. The fourth-order valence-corrected chi connectivity index (χ4v) is 6.89. The minimum absolute atomic E-state index is 0.826. The van der Waals surface area contributed by atoms with Gasteiger partial charge in [-0.15, -0.1) is 17.5 Å². The van der Waals surface area contributed by atoms with Crippen LogP contribution >= 0.6 is 0 Å². The van der Waals surface area contributed by atoms with Gasteiger partial charge in [0.1, 0.15) is 0 Å². The summed E-state index contributed by atoms with van der Waals surface area (Å²) >= 11 is 0. The second-order valence-corrected chi connectivity index (χ2v) is 18.5. The molecule has 0 saturated heterocycles. The molecule has 0 radical (unpaired) electrons. The van der Waals surface area contributed by atoms with E-state index in [0.717, 1.165) is 16.7 Å². The molecular formula is C37H35N3Si2. The van der Waals surface area contributed by atoms with Crippen LogP contribution in [-0.2, 0) is 0 Å². The number of pyridine rings is 3. The monoisotopic (exact) mass is 577 g/mol. The van der Waals surface area contributed by atoms with Gasteiger partial charge in [-0.05, 0) is 46.8 Å². The van der Waals surface area contributed by atoms with Gasteiger partial charge in [-0.1, -0.05) is 105 Å². The van der Waals surface area contributed by atoms with Crippen molar-refractivity contribution in [2.45, 2.75) is 26.2 Å². The summed E-state index contributed by atoms with van der Waals surface area (Å²) in [6, 6.07) is 32.6. The minimum atomic E-state index is -1.65. The SMILES string of the molecule is C#Cc1cccnc1.C[Si](C)(C#Cc1cccnc1)c1ccccc1.C[Si](C)(C#Cc1cccnc1)c1ccccc1. The van der Waals surface area contributed by atoms with Crippen molar-refractivity contribution >= 4 is 26.5 Å². The molecule has 5 aromatic rings. The molecule has 206 valence electrons. The summed E-state index contributed by atoms with van der Waals surface area (Å²) in [4.78, 5) is 12.0. The molecule has 0 saturated carbocycles. The average molecular weight is 578 g/mol. The van der Waals surface area contributed by atoms with E-state index in [4.69, 9.17) is 6.42 Å². The van der Waals surface area contributed by atoms with E-state index >= 15 is 0 Å². The quantitative estimate of drug-likeness (QED) is 0.184. The van der Waals surface area contributed by atoms with E-state index in [1.165, 1.54) is 10.4 Å². The highest BCUT2D eigenvalue weighted by Gasteiger charge is 2.21. The van der Waals surface area contributed by atoms with Crippen molar-refractivity contribution in [1.29, 1.82) is 0 Å². The maximum atomic E-state index is 5.06. The molecule has 0 atom stereocenters. The molecule has 0 fully saturated rings. The molecule has 0 aliphatic rings. The van der Waals surface area contributed by atoms with E-state index in [-0.39, 0.29) is 0 Å². The summed E-state index contributed by atoms with van der Waals surface area (Å²) in [7, 11) is -3.30. The molecule has 5 rings (SSSR count). The predicted octanol–water partition coefficient (Wildman–Crippen LogP) is 6.24. The maximum absolute atomic E-state index is 5.06. The van der Waals surface area contributed by atoms with Crippen molar-refractivity contribution in [3.63, 3.8) is 0 Å². The first-order valence-electron chi connectivity index (χ1n) is 13.6. The third-order valence-corrected chi connectivity index (χ3v) is 11.2. The van der Waals surface area contributed by atoms with Crippen molar-refractivity contribution in [1.82, 2.24) is 15.0 Å². The molecule has 2 aromatic carbocycles. The van der Waals surface area contributed by atoms with Gasteiger partial charge < -0.3 is 0 Å². The number of rotatable bonds is 2. The van der Waals surface area contributed by atoms with Gasteiger partial charge in [0, 0.05) is 53.9 Å². The van der Waals surface area contributed by atoms with Gasteiger partial charge in [-0.2, -0.15) is 0 Å². The number of hydrogen-bond acceptors (Lipinski definition) is 3. The largest absolute Gasteiger partial charge is 0.263 e. The molecule has 5 heteroatoms. The number of aromatic nitrogens is 3. The zero-order valence-corrected chi connectivity index (χ0v) is 26.6. The summed E-state index contributed by atoms with van der Waals surface area (Å²) in [5.41, 5.74) is 9.69. The Hall–Kier alpha value is -5.00. The smallest absolute Gasteiger partial charge is 0.163 e. The first-order valence-corrected chi connectivity index (χ1v) is 19.6. The number of terminal acetylenes is 1. The van der Waals surface area contributed by atoms with Crippen molar-refractivity contribution in [3.8, 4) is 35.3 Å². The molecular weight excluding hydrogens is 543 g/mol. The van der Waals surface area contributed by atoms with Crippen LogP contribution in [0, 0.1) is 35.3 Å². The minimum Gasteiger partial charge on any atom is -0.263 e. The van der Waals surface area contributed by atoms with E-state index < -0.39 is 16.1 Å². The van der Waals surface area contributed by atoms with E-state index in [0.29, 0.717) is 0 Å². The lowest BCUT2D eigenvalue weighted by Crippen LogP contribution is -2.39. The highest BCUT2D eigenvalue weighted by molar-refractivity contribution is 6.96. The highest BCUT2D eigenvalue weighted by atomic mass is 28.3. The first-order chi connectivity index (χ1) is 20.3. The summed E-state index contributed by atoms with van der Waals surface area (Å²) in [5, 5.41) is 2.74. The van der Waals surface area contributed by atoms with E-state index in [2.05, 4.69) is 119 Å². The second kappa shape index (κ2) is 16.3. The summed E-state index contributed by atoms with van der Waals surface area (Å²) in [5.74, 6) is 8.93. The topological polar surface area (TPSA) is 38.7 Å². The lowest BCUT2D eigenvalue weighted by Gasteiger charge is -2.14. The van der Waals surface area contributed by atoms with Crippen LogP contribution in [0.5, 0.6) is 0 Å². The van der Waals surface area contributed by atoms with Crippen LogP contribution in [0.25, 0.3) is 0 Å². The summed E-state index contributed by atoms with van der Waals surface area (Å²) in [6.07, 6.45) is 15.6. The number of benzene rings is 2.